The Morgan fingerprint density at radius 1 is 1.25 bits per heavy atom. The van der Waals surface area contributed by atoms with E-state index in [2.05, 4.69) is 10.3 Å². The van der Waals surface area contributed by atoms with E-state index >= 15 is 0 Å². The molecule has 0 fully saturated rings. The summed E-state index contributed by atoms with van der Waals surface area (Å²) >= 11 is 1.48. The van der Waals surface area contributed by atoms with Crippen molar-refractivity contribution in [2.75, 3.05) is 0 Å². The summed E-state index contributed by atoms with van der Waals surface area (Å²) in [5.41, 5.74) is -0.145. The van der Waals surface area contributed by atoms with Crippen LogP contribution in [0.25, 0.3) is 0 Å². The molecule has 1 N–H and O–H groups in total. The minimum Gasteiger partial charge on any atom is -0.307 e. The fourth-order valence-electron chi connectivity index (χ4n) is 1.78. The molecule has 0 unspecified atom stereocenters. The third kappa shape index (κ3) is 3.77. The molecule has 0 bridgehead atoms. The second-order valence-electron chi connectivity index (χ2n) is 4.26. The van der Waals surface area contributed by atoms with Crippen LogP contribution in [0.1, 0.15) is 21.8 Å². The first kappa shape index (κ1) is 14.9. The molecule has 2 nitrogen and oxygen atoms in total. The molecule has 0 saturated heterocycles. The van der Waals surface area contributed by atoms with Crippen LogP contribution in [0.2, 0.25) is 0 Å². The number of rotatable bonds is 4. The molecular weight excluding hydrogens is 292 g/mol. The minimum absolute atomic E-state index is 0.00565. The van der Waals surface area contributed by atoms with Crippen LogP contribution in [0, 0.1) is 12.7 Å². The molecule has 2 rings (SSSR count). The van der Waals surface area contributed by atoms with Crippen molar-refractivity contribution in [1.29, 1.82) is 0 Å². The van der Waals surface area contributed by atoms with Gasteiger partial charge in [0.1, 0.15) is 5.82 Å². The van der Waals surface area contributed by atoms with Crippen LogP contribution in [-0.2, 0) is 19.3 Å². The van der Waals surface area contributed by atoms with Crippen molar-refractivity contribution in [3.63, 3.8) is 0 Å². The van der Waals surface area contributed by atoms with E-state index in [1.54, 1.807) is 0 Å². The van der Waals surface area contributed by atoms with Crippen molar-refractivity contribution in [1.82, 2.24) is 10.3 Å². The molecule has 0 radical (unpaired) electrons. The third-order valence-corrected chi connectivity index (χ3v) is 3.49. The average Bonchev–Trinajstić information content (AvgIpc) is 2.76. The predicted molar refractivity (Wildman–Crippen MR) is 68.8 cm³/mol. The fourth-order valence-corrected chi connectivity index (χ4v) is 2.39. The molecule has 1 aromatic carbocycles. The quantitative estimate of drug-likeness (QED) is 0.867. The summed E-state index contributed by atoms with van der Waals surface area (Å²) in [7, 11) is 0. The van der Waals surface area contributed by atoms with Crippen LogP contribution in [0.15, 0.2) is 23.6 Å². The molecule has 0 saturated carbocycles. The zero-order valence-electron chi connectivity index (χ0n) is 10.6. The largest absolute Gasteiger partial charge is 0.416 e. The Labute approximate surface area is 117 Å². The summed E-state index contributed by atoms with van der Waals surface area (Å²) in [6.45, 7) is 2.24. The van der Waals surface area contributed by atoms with Gasteiger partial charge in [0.2, 0.25) is 0 Å². The molecule has 108 valence electrons. The van der Waals surface area contributed by atoms with Crippen molar-refractivity contribution in [2.45, 2.75) is 26.2 Å². The highest BCUT2D eigenvalue weighted by Gasteiger charge is 2.33. The predicted octanol–water partition coefficient (Wildman–Crippen LogP) is 3.90. The van der Waals surface area contributed by atoms with Crippen molar-refractivity contribution >= 4 is 11.3 Å². The molecule has 0 atom stereocenters. The van der Waals surface area contributed by atoms with Crippen molar-refractivity contribution in [3.05, 3.63) is 51.2 Å². The van der Waals surface area contributed by atoms with Gasteiger partial charge < -0.3 is 5.32 Å². The molecule has 1 aromatic heterocycles. The number of nitrogens with one attached hydrogen (secondary N) is 1. The van der Waals surface area contributed by atoms with Crippen molar-refractivity contribution < 1.29 is 17.6 Å². The van der Waals surface area contributed by atoms with E-state index in [0.29, 0.717) is 12.6 Å². The Bertz CT molecular complexity index is 592. The lowest BCUT2D eigenvalue weighted by Crippen LogP contribution is -2.17. The topological polar surface area (TPSA) is 24.9 Å². The standard InChI is InChI=1S/C13H12F4N2S/c1-8-19-11(7-20-8)6-18-5-9-2-3-10(14)4-12(9)13(15,16)17/h2-4,7,18H,5-6H2,1H3. The molecule has 1 heterocycles. The molecule has 7 heteroatoms. The minimum atomic E-state index is -4.56. The summed E-state index contributed by atoms with van der Waals surface area (Å²) in [6.07, 6.45) is -4.56. The molecular formula is C13H12F4N2S. The second-order valence-corrected chi connectivity index (χ2v) is 5.32. The highest BCUT2D eigenvalue weighted by molar-refractivity contribution is 7.09. The highest BCUT2D eigenvalue weighted by Crippen LogP contribution is 2.32. The van der Waals surface area contributed by atoms with Gasteiger partial charge in [-0.25, -0.2) is 9.37 Å². The Balaban J connectivity index is 2.06. The van der Waals surface area contributed by atoms with Crippen LogP contribution in [-0.4, -0.2) is 4.98 Å². The number of benzene rings is 1. The smallest absolute Gasteiger partial charge is 0.307 e. The number of thiazole rings is 1. The maximum Gasteiger partial charge on any atom is 0.416 e. The van der Waals surface area contributed by atoms with Gasteiger partial charge in [-0.3, -0.25) is 0 Å². The maximum atomic E-state index is 12.9. The molecule has 0 spiro atoms. The molecule has 0 aliphatic rings. The van der Waals surface area contributed by atoms with E-state index in [0.717, 1.165) is 22.8 Å². The monoisotopic (exact) mass is 304 g/mol. The van der Waals surface area contributed by atoms with Crippen LogP contribution < -0.4 is 5.32 Å². The summed E-state index contributed by atoms with van der Waals surface area (Å²) in [5, 5.41) is 5.63. The summed E-state index contributed by atoms with van der Waals surface area (Å²) in [6, 6.07) is 2.70. The Morgan fingerprint density at radius 2 is 2.00 bits per heavy atom. The van der Waals surface area contributed by atoms with E-state index in [4.69, 9.17) is 0 Å². The van der Waals surface area contributed by atoms with Gasteiger partial charge in [0.15, 0.2) is 0 Å². The average molecular weight is 304 g/mol. The number of aromatic nitrogens is 1. The maximum absolute atomic E-state index is 12.9. The number of aryl methyl sites for hydroxylation is 1. The van der Waals surface area contributed by atoms with E-state index < -0.39 is 17.6 Å². The van der Waals surface area contributed by atoms with Crippen LogP contribution >= 0.6 is 11.3 Å². The summed E-state index contributed by atoms with van der Waals surface area (Å²) in [5.74, 6) is -0.892. The highest BCUT2D eigenvalue weighted by atomic mass is 32.1. The molecule has 20 heavy (non-hydrogen) atoms. The molecule has 2 aromatic rings. The van der Waals surface area contributed by atoms with Gasteiger partial charge in [-0.05, 0) is 24.6 Å². The number of alkyl halides is 3. The van der Waals surface area contributed by atoms with Gasteiger partial charge in [-0.2, -0.15) is 13.2 Å². The normalized spacial score (nSPS) is 11.8. The SMILES string of the molecule is Cc1nc(CNCc2ccc(F)cc2C(F)(F)F)cs1. The lowest BCUT2D eigenvalue weighted by molar-refractivity contribution is -0.138. The number of nitrogens with zero attached hydrogens (tertiary/aromatic N) is 1. The van der Waals surface area contributed by atoms with Gasteiger partial charge >= 0.3 is 6.18 Å². The van der Waals surface area contributed by atoms with Gasteiger partial charge in [-0.1, -0.05) is 6.07 Å². The van der Waals surface area contributed by atoms with Crippen LogP contribution in [0.5, 0.6) is 0 Å². The molecule has 0 aliphatic heterocycles. The number of halogens is 4. The van der Waals surface area contributed by atoms with E-state index in [9.17, 15) is 17.6 Å². The van der Waals surface area contributed by atoms with E-state index in [1.807, 2.05) is 12.3 Å². The Kier molecular flexibility index (Phi) is 4.39. The van der Waals surface area contributed by atoms with E-state index in [-0.39, 0.29) is 12.1 Å². The molecule has 0 amide bonds. The Hall–Kier alpha value is -1.47. The first-order valence-electron chi connectivity index (χ1n) is 5.83. The van der Waals surface area contributed by atoms with Crippen LogP contribution in [0.4, 0.5) is 17.6 Å². The van der Waals surface area contributed by atoms with Gasteiger partial charge in [0, 0.05) is 18.5 Å². The van der Waals surface area contributed by atoms with Gasteiger partial charge in [0.25, 0.3) is 0 Å². The lowest BCUT2D eigenvalue weighted by Gasteiger charge is -2.13. The van der Waals surface area contributed by atoms with Gasteiger partial charge in [0.05, 0.1) is 16.3 Å². The summed E-state index contributed by atoms with van der Waals surface area (Å²) in [4.78, 5) is 4.20. The van der Waals surface area contributed by atoms with Crippen molar-refractivity contribution in [2.24, 2.45) is 0 Å². The third-order valence-electron chi connectivity index (χ3n) is 2.67. The van der Waals surface area contributed by atoms with Crippen molar-refractivity contribution in [3.8, 4) is 0 Å². The first-order chi connectivity index (χ1) is 9.36. The number of hydrogen-bond acceptors (Lipinski definition) is 3. The summed E-state index contributed by atoms with van der Waals surface area (Å²) < 4.78 is 51.3. The fraction of sp³-hybridized carbons (Fsp3) is 0.308. The van der Waals surface area contributed by atoms with E-state index in [1.165, 1.54) is 11.3 Å². The zero-order valence-corrected chi connectivity index (χ0v) is 11.4. The lowest BCUT2D eigenvalue weighted by atomic mass is 10.1. The Morgan fingerprint density at radius 3 is 2.60 bits per heavy atom. The molecule has 0 aliphatic carbocycles. The number of hydrogen-bond donors (Lipinski definition) is 1. The first-order valence-corrected chi connectivity index (χ1v) is 6.71. The second kappa shape index (κ2) is 5.88. The van der Waals surface area contributed by atoms with Gasteiger partial charge in [-0.15, -0.1) is 11.3 Å². The zero-order chi connectivity index (χ0) is 14.8. The van der Waals surface area contributed by atoms with Crippen LogP contribution in [0.3, 0.4) is 0 Å².